The molecule has 2 aromatic rings. The van der Waals surface area contributed by atoms with E-state index in [2.05, 4.69) is 58.2 Å². The Kier molecular flexibility index (Phi) is 4.91. The van der Waals surface area contributed by atoms with Crippen LogP contribution in [0.2, 0.25) is 0 Å². The zero-order valence-electron chi connectivity index (χ0n) is 14.8. The number of carbonyl (C=O) groups is 1. The van der Waals surface area contributed by atoms with Crippen molar-refractivity contribution in [2.45, 2.75) is 38.1 Å². The maximum absolute atomic E-state index is 13.3. The van der Waals surface area contributed by atoms with Crippen LogP contribution in [0.15, 0.2) is 41.1 Å². The molecule has 25 heavy (non-hydrogen) atoms. The van der Waals surface area contributed by atoms with Gasteiger partial charge in [0.25, 0.3) is 0 Å². The van der Waals surface area contributed by atoms with Crippen LogP contribution in [-0.4, -0.2) is 36.5 Å². The Morgan fingerprint density at radius 1 is 1.28 bits per heavy atom. The number of nitrogens with zero attached hydrogens (tertiary/aromatic N) is 1. The van der Waals surface area contributed by atoms with Crippen LogP contribution in [0, 0.1) is 5.92 Å². The van der Waals surface area contributed by atoms with Gasteiger partial charge in [0.05, 0.1) is 5.92 Å². The number of carbonyl (C=O) groups excluding carboxylic acids is 1. The maximum Gasteiger partial charge on any atom is 0.232 e. The monoisotopic (exact) mass is 354 g/mol. The van der Waals surface area contributed by atoms with Crippen molar-refractivity contribution in [1.82, 2.24) is 10.2 Å². The third-order valence-corrected chi connectivity index (χ3v) is 6.57. The van der Waals surface area contributed by atoms with Gasteiger partial charge < -0.3 is 10.2 Å². The summed E-state index contributed by atoms with van der Waals surface area (Å²) in [6.07, 6.45) is 3.39. The van der Waals surface area contributed by atoms with Gasteiger partial charge in [-0.2, -0.15) is 11.3 Å². The van der Waals surface area contributed by atoms with Gasteiger partial charge in [-0.3, -0.25) is 4.79 Å². The number of aryl methyl sites for hydroxylation is 1. The molecule has 2 unspecified atom stereocenters. The van der Waals surface area contributed by atoms with Crippen molar-refractivity contribution in [3.63, 3.8) is 0 Å². The molecule has 0 spiro atoms. The van der Waals surface area contributed by atoms with E-state index in [4.69, 9.17) is 0 Å². The van der Waals surface area contributed by atoms with Gasteiger partial charge in [0.2, 0.25) is 5.91 Å². The number of fused-ring (bicyclic) bond motifs is 3. The molecule has 0 aliphatic carbocycles. The quantitative estimate of drug-likeness (QED) is 0.889. The minimum absolute atomic E-state index is 0.165. The molecule has 3 aliphatic heterocycles. The third kappa shape index (κ3) is 3.38. The van der Waals surface area contributed by atoms with E-state index in [9.17, 15) is 4.79 Å². The second-order valence-corrected chi connectivity index (χ2v) is 8.08. The lowest BCUT2D eigenvalue weighted by molar-refractivity contribution is -0.123. The largest absolute Gasteiger partial charge is 0.351 e. The first-order valence-corrected chi connectivity index (χ1v) is 10.3. The molecular weight excluding hydrogens is 328 g/mol. The van der Waals surface area contributed by atoms with Crippen LogP contribution < -0.4 is 5.32 Å². The van der Waals surface area contributed by atoms with Crippen molar-refractivity contribution in [1.29, 1.82) is 0 Å². The lowest BCUT2D eigenvalue weighted by atomic mass is 9.82. The second-order valence-electron chi connectivity index (χ2n) is 7.30. The number of benzene rings is 1. The zero-order chi connectivity index (χ0) is 17.2. The Hall–Kier alpha value is -1.65. The molecule has 1 aromatic carbocycles. The first-order chi connectivity index (χ1) is 12.3. The molecule has 4 heteroatoms. The van der Waals surface area contributed by atoms with Gasteiger partial charge >= 0.3 is 0 Å². The zero-order valence-corrected chi connectivity index (χ0v) is 15.6. The highest BCUT2D eigenvalue weighted by Crippen LogP contribution is 2.32. The summed E-state index contributed by atoms with van der Waals surface area (Å²) in [4.78, 5) is 15.8. The third-order valence-electron chi connectivity index (χ3n) is 5.87. The fourth-order valence-electron chi connectivity index (χ4n) is 4.44. The Bertz CT molecular complexity index is 719. The van der Waals surface area contributed by atoms with Crippen LogP contribution in [0.25, 0.3) is 0 Å². The van der Waals surface area contributed by atoms with E-state index < -0.39 is 0 Å². The lowest BCUT2D eigenvalue weighted by Crippen LogP contribution is -2.57. The summed E-state index contributed by atoms with van der Waals surface area (Å²) in [6.45, 7) is 5.57. The molecule has 0 saturated carbocycles. The summed E-state index contributed by atoms with van der Waals surface area (Å²) in [6, 6.07) is 10.8. The molecular formula is C21H26N2OS. The van der Waals surface area contributed by atoms with Crippen LogP contribution in [-0.2, 0) is 11.2 Å². The SMILES string of the molecule is CCc1ccccc1C(C(=O)NC1CN2CCC1CC2)c1ccsc1. The van der Waals surface area contributed by atoms with Gasteiger partial charge in [-0.25, -0.2) is 0 Å². The van der Waals surface area contributed by atoms with Gasteiger partial charge in [0, 0.05) is 12.6 Å². The Balaban J connectivity index is 1.61. The molecule has 3 fully saturated rings. The summed E-state index contributed by atoms with van der Waals surface area (Å²) in [7, 11) is 0. The second kappa shape index (κ2) is 7.30. The highest BCUT2D eigenvalue weighted by molar-refractivity contribution is 7.08. The number of hydrogen-bond donors (Lipinski definition) is 1. The van der Waals surface area contributed by atoms with Crippen LogP contribution in [0.1, 0.15) is 42.4 Å². The number of amides is 1. The van der Waals surface area contributed by atoms with Crippen LogP contribution in [0.5, 0.6) is 0 Å². The van der Waals surface area contributed by atoms with E-state index in [0.717, 1.165) is 24.1 Å². The Morgan fingerprint density at radius 3 is 2.72 bits per heavy atom. The minimum atomic E-state index is -0.196. The molecule has 1 aromatic heterocycles. The average Bonchev–Trinajstić information content (AvgIpc) is 3.17. The standard InChI is InChI=1S/C21H26N2OS/c1-2-15-5-3-4-6-18(15)20(17-9-12-25-14-17)21(24)22-19-13-23-10-7-16(19)8-11-23/h3-6,9,12,14,16,19-20H,2,7-8,10-11,13H2,1H3,(H,22,24). The van der Waals surface area contributed by atoms with E-state index in [1.165, 1.54) is 31.5 Å². The van der Waals surface area contributed by atoms with Crippen molar-refractivity contribution in [2.75, 3.05) is 19.6 Å². The number of thiophene rings is 1. The van der Waals surface area contributed by atoms with Crippen molar-refractivity contribution in [2.24, 2.45) is 5.92 Å². The molecule has 4 heterocycles. The summed E-state index contributed by atoms with van der Waals surface area (Å²) in [5, 5.41) is 7.60. The van der Waals surface area contributed by atoms with Gasteiger partial charge in [0.1, 0.15) is 0 Å². The van der Waals surface area contributed by atoms with Crippen molar-refractivity contribution in [3.05, 3.63) is 57.8 Å². The molecule has 132 valence electrons. The average molecular weight is 355 g/mol. The molecule has 3 saturated heterocycles. The predicted octanol–water partition coefficient (Wildman–Crippen LogP) is 3.65. The fourth-order valence-corrected chi connectivity index (χ4v) is 5.13. The van der Waals surface area contributed by atoms with Crippen LogP contribution >= 0.6 is 11.3 Å². The van der Waals surface area contributed by atoms with Gasteiger partial charge in [-0.1, -0.05) is 31.2 Å². The van der Waals surface area contributed by atoms with E-state index in [1.54, 1.807) is 11.3 Å². The molecule has 1 N–H and O–H groups in total. The highest BCUT2D eigenvalue weighted by atomic mass is 32.1. The first-order valence-electron chi connectivity index (χ1n) is 9.39. The summed E-state index contributed by atoms with van der Waals surface area (Å²) in [5.74, 6) is 0.620. The van der Waals surface area contributed by atoms with Crippen LogP contribution in [0.3, 0.4) is 0 Å². The minimum Gasteiger partial charge on any atom is -0.351 e. The van der Waals surface area contributed by atoms with Gasteiger partial charge in [0.15, 0.2) is 0 Å². The van der Waals surface area contributed by atoms with E-state index in [1.807, 2.05) is 0 Å². The van der Waals surface area contributed by atoms with E-state index in [-0.39, 0.29) is 11.8 Å². The van der Waals surface area contributed by atoms with Crippen molar-refractivity contribution in [3.8, 4) is 0 Å². The predicted molar refractivity (Wildman–Crippen MR) is 103 cm³/mol. The Morgan fingerprint density at radius 2 is 2.08 bits per heavy atom. The molecule has 1 amide bonds. The normalized spacial score (nSPS) is 26.4. The van der Waals surface area contributed by atoms with E-state index >= 15 is 0 Å². The highest BCUT2D eigenvalue weighted by Gasteiger charge is 2.36. The maximum atomic E-state index is 13.3. The smallest absolute Gasteiger partial charge is 0.232 e. The fraction of sp³-hybridized carbons (Fsp3) is 0.476. The molecule has 2 atom stereocenters. The lowest BCUT2D eigenvalue weighted by Gasteiger charge is -2.45. The molecule has 3 aliphatic rings. The first kappa shape index (κ1) is 16.8. The Labute approximate surface area is 154 Å². The molecule has 5 rings (SSSR count). The van der Waals surface area contributed by atoms with Crippen molar-refractivity contribution < 1.29 is 4.79 Å². The van der Waals surface area contributed by atoms with Crippen molar-refractivity contribution >= 4 is 17.2 Å². The number of rotatable bonds is 5. The number of hydrogen-bond acceptors (Lipinski definition) is 3. The van der Waals surface area contributed by atoms with E-state index in [0.29, 0.717) is 12.0 Å². The summed E-state index contributed by atoms with van der Waals surface area (Å²) in [5.41, 5.74) is 3.54. The molecule has 3 nitrogen and oxygen atoms in total. The topological polar surface area (TPSA) is 32.3 Å². The number of piperidine rings is 3. The van der Waals surface area contributed by atoms with Gasteiger partial charge in [-0.05, 0) is 71.8 Å². The summed E-state index contributed by atoms with van der Waals surface area (Å²) >= 11 is 1.66. The van der Waals surface area contributed by atoms with Crippen LogP contribution in [0.4, 0.5) is 0 Å². The number of nitrogens with one attached hydrogen (secondary N) is 1. The van der Waals surface area contributed by atoms with Gasteiger partial charge in [-0.15, -0.1) is 0 Å². The molecule has 0 radical (unpaired) electrons. The summed E-state index contributed by atoms with van der Waals surface area (Å²) < 4.78 is 0. The molecule has 2 bridgehead atoms.